The van der Waals surface area contributed by atoms with Crippen molar-refractivity contribution in [2.75, 3.05) is 26.4 Å². The summed E-state index contributed by atoms with van der Waals surface area (Å²) in [5.74, 6) is 0.781. The van der Waals surface area contributed by atoms with Gasteiger partial charge in [0.05, 0.1) is 25.4 Å². The van der Waals surface area contributed by atoms with Crippen LogP contribution in [0.2, 0.25) is 0 Å². The van der Waals surface area contributed by atoms with Gasteiger partial charge in [0.15, 0.2) is 0 Å². The Labute approximate surface area is 300 Å². The van der Waals surface area contributed by atoms with Crippen LogP contribution in [0.5, 0.6) is 5.75 Å². The molecule has 48 heavy (non-hydrogen) atoms. The highest BCUT2D eigenvalue weighted by atomic mass is 31.2. The van der Waals surface area contributed by atoms with Crippen molar-refractivity contribution in [2.45, 2.75) is 207 Å². The molecule has 1 aromatic rings. The van der Waals surface area contributed by atoms with Crippen LogP contribution < -0.4 is 4.52 Å². The van der Waals surface area contributed by atoms with E-state index in [9.17, 15) is 0 Å². The van der Waals surface area contributed by atoms with Crippen molar-refractivity contribution in [3.05, 3.63) is 30.3 Å². The standard InChI is InChI=1S/C42H79O5P/c1-5-9-13-17-19-23-30-36-43-41(34-26-21-15-11-7-3)38-45-48(47-40-32-28-25-29-33-40)46-39-42(35-27-22-16-12-8-4)44-37-31-24-20-18-14-10-6-2/h25,28-29,32-33,41-42H,5-24,26-27,30-31,34-39H2,1-4H3. The number of hydrogen-bond acceptors (Lipinski definition) is 5. The van der Waals surface area contributed by atoms with Crippen LogP contribution in [0.25, 0.3) is 0 Å². The lowest BCUT2D eigenvalue weighted by atomic mass is 10.1. The van der Waals surface area contributed by atoms with Gasteiger partial charge in [0.1, 0.15) is 5.75 Å². The summed E-state index contributed by atoms with van der Waals surface area (Å²) in [7, 11) is -1.57. The maximum atomic E-state index is 6.45. The molecule has 282 valence electrons. The van der Waals surface area contributed by atoms with Gasteiger partial charge in [-0.3, -0.25) is 9.05 Å². The van der Waals surface area contributed by atoms with E-state index in [1.54, 1.807) is 0 Å². The van der Waals surface area contributed by atoms with Crippen LogP contribution in [0.1, 0.15) is 195 Å². The Hall–Kier alpha value is -0.710. The minimum atomic E-state index is -1.57. The monoisotopic (exact) mass is 695 g/mol. The highest BCUT2D eigenvalue weighted by molar-refractivity contribution is 7.42. The van der Waals surface area contributed by atoms with Crippen molar-refractivity contribution in [1.82, 2.24) is 0 Å². The highest BCUT2D eigenvalue weighted by Gasteiger charge is 2.22. The quantitative estimate of drug-likeness (QED) is 0.0509. The maximum absolute atomic E-state index is 6.45. The van der Waals surface area contributed by atoms with E-state index in [0.717, 1.165) is 44.6 Å². The molecule has 0 aliphatic heterocycles. The molecule has 0 aliphatic rings. The first-order valence-electron chi connectivity index (χ1n) is 20.8. The number of hydrogen-bond donors (Lipinski definition) is 0. The molecule has 0 spiro atoms. The van der Waals surface area contributed by atoms with E-state index in [2.05, 4.69) is 27.7 Å². The third-order valence-electron chi connectivity index (χ3n) is 9.12. The first-order chi connectivity index (χ1) is 23.7. The van der Waals surface area contributed by atoms with Gasteiger partial charge >= 0.3 is 8.60 Å². The minimum absolute atomic E-state index is 0.0719. The Balaban J connectivity index is 2.72. The van der Waals surface area contributed by atoms with Gasteiger partial charge in [-0.25, -0.2) is 0 Å². The van der Waals surface area contributed by atoms with Gasteiger partial charge in [-0.1, -0.05) is 187 Å². The van der Waals surface area contributed by atoms with Crippen LogP contribution in [0.15, 0.2) is 30.3 Å². The zero-order valence-corrected chi connectivity index (χ0v) is 33.1. The fraction of sp³-hybridized carbons (Fsp3) is 0.857. The zero-order chi connectivity index (χ0) is 34.6. The Morgan fingerprint density at radius 3 is 1.19 bits per heavy atom. The molecule has 0 radical (unpaired) electrons. The second-order valence-corrected chi connectivity index (χ2v) is 15.0. The zero-order valence-electron chi connectivity index (χ0n) is 32.2. The second kappa shape index (κ2) is 36.1. The fourth-order valence-corrected chi connectivity index (χ4v) is 6.99. The van der Waals surface area contributed by atoms with E-state index in [-0.39, 0.29) is 12.2 Å². The van der Waals surface area contributed by atoms with Gasteiger partial charge in [0, 0.05) is 13.2 Å². The van der Waals surface area contributed by atoms with Crippen molar-refractivity contribution in [3.63, 3.8) is 0 Å². The van der Waals surface area contributed by atoms with Crippen LogP contribution in [0.4, 0.5) is 0 Å². The van der Waals surface area contributed by atoms with Gasteiger partial charge in [0.2, 0.25) is 0 Å². The minimum Gasteiger partial charge on any atom is -0.427 e. The smallest absolute Gasteiger partial charge is 0.397 e. The summed E-state index contributed by atoms with van der Waals surface area (Å²) < 4.78 is 32.1. The molecule has 0 bridgehead atoms. The van der Waals surface area contributed by atoms with Gasteiger partial charge < -0.3 is 14.0 Å². The summed E-state index contributed by atoms with van der Waals surface area (Å²) in [6.45, 7) is 11.7. The summed E-state index contributed by atoms with van der Waals surface area (Å²) in [5, 5.41) is 0. The molecule has 1 rings (SSSR count). The molecule has 0 aromatic heterocycles. The van der Waals surface area contributed by atoms with Crippen molar-refractivity contribution >= 4 is 8.60 Å². The lowest BCUT2D eigenvalue weighted by molar-refractivity contribution is -0.00607. The molecule has 0 N–H and O–H groups in total. The molecule has 6 heteroatoms. The van der Waals surface area contributed by atoms with Crippen molar-refractivity contribution in [2.24, 2.45) is 0 Å². The van der Waals surface area contributed by atoms with E-state index in [1.165, 1.54) is 141 Å². The van der Waals surface area contributed by atoms with E-state index in [1.807, 2.05) is 30.3 Å². The van der Waals surface area contributed by atoms with Gasteiger partial charge in [-0.05, 0) is 37.8 Å². The van der Waals surface area contributed by atoms with E-state index < -0.39 is 8.60 Å². The van der Waals surface area contributed by atoms with Crippen LogP contribution in [-0.4, -0.2) is 38.6 Å². The van der Waals surface area contributed by atoms with Gasteiger partial charge in [0.25, 0.3) is 0 Å². The Morgan fingerprint density at radius 1 is 0.438 bits per heavy atom. The number of para-hydroxylation sites is 1. The first kappa shape index (κ1) is 45.3. The maximum Gasteiger partial charge on any atom is 0.397 e. The molecule has 2 unspecified atom stereocenters. The first-order valence-corrected chi connectivity index (χ1v) is 21.8. The molecule has 1 aromatic carbocycles. The average Bonchev–Trinajstić information content (AvgIpc) is 3.10. The largest absolute Gasteiger partial charge is 0.427 e. The number of rotatable bonds is 38. The molecule has 0 amide bonds. The molecule has 0 heterocycles. The van der Waals surface area contributed by atoms with Crippen LogP contribution in [0, 0.1) is 0 Å². The lowest BCUT2D eigenvalue weighted by Gasteiger charge is -2.24. The summed E-state index contributed by atoms with van der Waals surface area (Å²) >= 11 is 0. The van der Waals surface area contributed by atoms with Crippen LogP contribution >= 0.6 is 8.60 Å². The Bertz CT molecular complexity index is 709. The normalized spacial score (nSPS) is 13.5. The van der Waals surface area contributed by atoms with E-state index in [0.29, 0.717) is 13.2 Å². The lowest BCUT2D eigenvalue weighted by Crippen LogP contribution is -2.23. The molecule has 5 nitrogen and oxygen atoms in total. The number of unbranched alkanes of at least 4 members (excludes halogenated alkanes) is 20. The van der Waals surface area contributed by atoms with Crippen LogP contribution in [-0.2, 0) is 18.5 Å². The molecule has 0 aliphatic carbocycles. The SMILES string of the molecule is CCCCCCCCCOC(CCCCCCC)COP(OCC(CCCCCCC)OCCCCCCCCC)Oc1ccccc1. The van der Waals surface area contributed by atoms with Crippen molar-refractivity contribution in [1.29, 1.82) is 0 Å². The summed E-state index contributed by atoms with van der Waals surface area (Å²) in [6.07, 6.45) is 32.9. The van der Waals surface area contributed by atoms with Gasteiger partial charge in [-0.15, -0.1) is 0 Å². The number of benzene rings is 1. The summed E-state index contributed by atoms with van der Waals surface area (Å²) in [5.41, 5.74) is 0. The topological polar surface area (TPSA) is 46.2 Å². The van der Waals surface area contributed by atoms with E-state index >= 15 is 0 Å². The highest BCUT2D eigenvalue weighted by Crippen LogP contribution is 2.41. The van der Waals surface area contributed by atoms with Crippen molar-refractivity contribution < 1.29 is 23.0 Å². The van der Waals surface area contributed by atoms with Gasteiger partial charge in [-0.2, -0.15) is 0 Å². The fourth-order valence-electron chi connectivity index (χ4n) is 5.94. The third-order valence-corrected chi connectivity index (χ3v) is 10.2. The predicted molar refractivity (Wildman–Crippen MR) is 208 cm³/mol. The Morgan fingerprint density at radius 2 is 0.792 bits per heavy atom. The summed E-state index contributed by atoms with van der Waals surface area (Å²) in [4.78, 5) is 0. The van der Waals surface area contributed by atoms with E-state index in [4.69, 9.17) is 23.0 Å². The molecule has 0 saturated heterocycles. The molecular weight excluding hydrogens is 615 g/mol. The predicted octanol–water partition coefficient (Wildman–Crippen LogP) is 14.3. The summed E-state index contributed by atoms with van der Waals surface area (Å²) in [6, 6.07) is 9.96. The molecular formula is C42H79O5P. The number of ether oxygens (including phenoxy) is 2. The molecule has 0 fully saturated rings. The average molecular weight is 695 g/mol. The Kier molecular flexibility index (Phi) is 34.1. The second-order valence-electron chi connectivity index (χ2n) is 13.9. The van der Waals surface area contributed by atoms with Crippen molar-refractivity contribution in [3.8, 4) is 5.75 Å². The molecule has 0 saturated carbocycles. The van der Waals surface area contributed by atoms with Crippen LogP contribution in [0.3, 0.4) is 0 Å². The molecule has 2 atom stereocenters. The third kappa shape index (κ3) is 29.1.